The highest BCUT2D eigenvalue weighted by Crippen LogP contribution is 2.21. The molecule has 1 amide bonds. The predicted octanol–water partition coefficient (Wildman–Crippen LogP) is 2.06. The number of fused-ring (bicyclic) bond motifs is 1. The Labute approximate surface area is 96.2 Å². The molecule has 3 heteroatoms. The summed E-state index contributed by atoms with van der Waals surface area (Å²) in [5.41, 5.74) is 3.32. The smallest absolute Gasteiger partial charge is 0.241 e. The van der Waals surface area contributed by atoms with Crippen LogP contribution in [0.1, 0.15) is 25.0 Å². The van der Waals surface area contributed by atoms with Gasteiger partial charge in [0, 0.05) is 12.2 Å². The molecule has 1 unspecified atom stereocenters. The molecule has 1 aliphatic heterocycles. The maximum atomic E-state index is 11.9. The Morgan fingerprint density at radius 3 is 2.81 bits per heavy atom. The first kappa shape index (κ1) is 11.1. The summed E-state index contributed by atoms with van der Waals surface area (Å²) in [5, 5.41) is 6.28. The third kappa shape index (κ3) is 2.09. The number of aryl methyl sites for hydroxylation is 1. The van der Waals surface area contributed by atoms with Gasteiger partial charge in [-0.3, -0.25) is 4.79 Å². The lowest BCUT2D eigenvalue weighted by Gasteiger charge is -2.17. The molecule has 16 heavy (non-hydrogen) atoms. The summed E-state index contributed by atoms with van der Waals surface area (Å²) in [4.78, 5) is 11.9. The third-order valence-corrected chi connectivity index (χ3v) is 2.98. The van der Waals surface area contributed by atoms with Crippen LogP contribution in [-0.2, 0) is 11.3 Å². The summed E-state index contributed by atoms with van der Waals surface area (Å²) in [6, 6.07) is 6.01. The summed E-state index contributed by atoms with van der Waals surface area (Å²) in [5.74, 6) is 0.369. The lowest BCUT2D eigenvalue weighted by atomic mass is 10.0. The predicted molar refractivity (Wildman–Crippen MR) is 65.3 cm³/mol. The Hall–Kier alpha value is -1.35. The molecule has 0 radical (unpaired) electrons. The summed E-state index contributed by atoms with van der Waals surface area (Å²) < 4.78 is 0. The number of nitrogens with one attached hydrogen (secondary N) is 2. The van der Waals surface area contributed by atoms with Crippen LogP contribution in [-0.4, -0.2) is 11.9 Å². The number of hydrogen-bond acceptors (Lipinski definition) is 2. The fraction of sp³-hybridized carbons (Fsp3) is 0.462. The van der Waals surface area contributed by atoms with Gasteiger partial charge in [-0.1, -0.05) is 31.5 Å². The number of anilines is 1. The minimum absolute atomic E-state index is 0.0672. The highest BCUT2D eigenvalue weighted by molar-refractivity contribution is 5.96. The van der Waals surface area contributed by atoms with Crippen molar-refractivity contribution in [2.45, 2.75) is 33.4 Å². The summed E-state index contributed by atoms with van der Waals surface area (Å²) in [6.45, 7) is 6.92. The average Bonchev–Trinajstić information content (AvgIpc) is 2.36. The van der Waals surface area contributed by atoms with Gasteiger partial charge >= 0.3 is 0 Å². The Balaban J connectivity index is 2.29. The molecule has 3 nitrogen and oxygen atoms in total. The fourth-order valence-corrected chi connectivity index (χ4v) is 2.05. The van der Waals surface area contributed by atoms with E-state index in [1.54, 1.807) is 0 Å². The molecule has 1 atom stereocenters. The first-order valence-corrected chi connectivity index (χ1v) is 5.71. The van der Waals surface area contributed by atoms with Crippen LogP contribution >= 0.6 is 0 Å². The van der Waals surface area contributed by atoms with E-state index < -0.39 is 0 Å². The van der Waals surface area contributed by atoms with Crippen molar-refractivity contribution >= 4 is 11.6 Å². The van der Waals surface area contributed by atoms with E-state index in [9.17, 15) is 4.79 Å². The van der Waals surface area contributed by atoms with E-state index in [-0.39, 0.29) is 11.9 Å². The van der Waals surface area contributed by atoms with E-state index in [1.165, 1.54) is 5.56 Å². The standard InChI is InChI=1S/C13H18N2O/c1-8(2)12-13(16)15-11-5-4-9(3)6-10(11)7-14-12/h4-6,8,12,14H,7H2,1-3H3,(H,15,16). The Kier molecular flexibility index (Phi) is 2.97. The fourth-order valence-electron chi connectivity index (χ4n) is 2.05. The van der Waals surface area contributed by atoms with E-state index in [1.807, 2.05) is 12.1 Å². The molecule has 0 saturated carbocycles. The van der Waals surface area contributed by atoms with Crippen molar-refractivity contribution in [3.05, 3.63) is 29.3 Å². The van der Waals surface area contributed by atoms with E-state index >= 15 is 0 Å². The molecule has 0 spiro atoms. The van der Waals surface area contributed by atoms with Crippen molar-refractivity contribution in [1.82, 2.24) is 5.32 Å². The largest absolute Gasteiger partial charge is 0.324 e. The zero-order valence-electron chi connectivity index (χ0n) is 10.0. The van der Waals surface area contributed by atoms with Crippen molar-refractivity contribution in [2.24, 2.45) is 5.92 Å². The van der Waals surface area contributed by atoms with Crippen LogP contribution in [0.5, 0.6) is 0 Å². The molecule has 1 aromatic carbocycles. The first-order chi connectivity index (χ1) is 7.58. The Morgan fingerprint density at radius 2 is 2.12 bits per heavy atom. The van der Waals surface area contributed by atoms with Gasteiger partial charge in [0.05, 0.1) is 6.04 Å². The average molecular weight is 218 g/mol. The van der Waals surface area contributed by atoms with Crippen molar-refractivity contribution in [3.8, 4) is 0 Å². The highest BCUT2D eigenvalue weighted by Gasteiger charge is 2.25. The monoisotopic (exact) mass is 218 g/mol. The molecule has 1 aromatic rings. The minimum atomic E-state index is -0.104. The quantitative estimate of drug-likeness (QED) is 0.757. The normalized spacial score (nSPS) is 20.2. The first-order valence-electron chi connectivity index (χ1n) is 5.71. The van der Waals surface area contributed by atoms with Gasteiger partial charge in [-0.2, -0.15) is 0 Å². The summed E-state index contributed by atoms with van der Waals surface area (Å²) in [7, 11) is 0. The third-order valence-electron chi connectivity index (χ3n) is 2.98. The number of rotatable bonds is 1. The zero-order valence-corrected chi connectivity index (χ0v) is 10.0. The van der Waals surface area contributed by atoms with Crippen LogP contribution < -0.4 is 10.6 Å². The molecule has 0 bridgehead atoms. The molecule has 0 fully saturated rings. The molecule has 1 aliphatic rings. The van der Waals surface area contributed by atoms with E-state index in [2.05, 4.69) is 37.5 Å². The second-order valence-corrected chi connectivity index (χ2v) is 4.75. The van der Waals surface area contributed by atoms with Crippen molar-refractivity contribution < 1.29 is 4.79 Å². The van der Waals surface area contributed by atoms with E-state index in [4.69, 9.17) is 0 Å². The van der Waals surface area contributed by atoms with Crippen LogP contribution in [0.4, 0.5) is 5.69 Å². The second-order valence-electron chi connectivity index (χ2n) is 4.75. The minimum Gasteiger partial charge on any atom is -0.324 e. The Morgan fingerprint density at radius 1 is 1.38 bits per heavy atom. The lowest BCUT2D eigenvalue weighted by Crippen LogP contribution is -2.41. The van der Waals surface area contributed by atoms with Gasteiger partial charge in [-0.15, -0.1) is 0 Å². The molecule has 0 aliphatic carbocycles. The maximum absolute atomic E-state index is 11.9. The van der Waals surface area contributed by atoms with Crippen LogP contribution in [0, 0.1) is 12.8 Å². The van der Waals surface area contributed by atoms with E-state index in [0.29, 0.717) is 5.92 Å². The molecule has 1 heterocycles. The van der Waals surface area contributed by atoms with Gasteiger partial charge in [0.25, 0.3) is 0 Å². The van der Waals surface area contributed by atoms with E-state index in [0.717, 1.165) is 17.8 Å². The summed E-state index contributed by atoms with van der Waals surface area (Å²) in [6.07, 6.45) is 0. The number of carbonyl (C=O) groups excluding carboxylic acids is 1. The van der Waals surface area contributed by atoms with Crippen LogP contribution in [0.2, 0.25) is 0 Å². The number of amides is 1. The van der Waals surface area contributed by atoms with Crippen molar-refractivity contribution in [2.75, 3.05) is 5.32 Å². The van der Waals surface area contributed by atoms with Gasteiger partial charge in [0.15, 0.2) is 0 Å². The topological polar surface area (TPSA) is 41.1 Å². The second kappa shape index (κ2) is 4.26. The molecule has 0 aromatic heterocycles. The number of benzene rings is 1. The van der Waals surface area contributed by atoms with Gasteiger partial charge in [0.2, 0.25) is 5.91 Å². The van der Waals surface area contributed by atoms with Gasteiger partial charge < -0.3 is 10.6 Å². The van der Waals surface area contributed by atoms with Crippen molar-refractivity contribution in [3.63, 3.8) is 0 Å². The molecular formula is C13H18N2O. The molecule has 86 valence electrons. The molecule has 2 rings (SSSR count). The number of carbonyl (C=O) groups is 1. The van der Waals surface area contributed by atoms with Gasteiger partial charge in [-0.05, 0) is 24.5 Å². The lowest BCUT2D eigenvalue weighted by molar-refractivity contribution is -0.119. The number of hydrogen-bond donors (Lipinski definition) is 2. The zero-order chi connectivity index (χ0) is 11.7. The van der Waals surface area contributed by atoms with Crippen molar-refractivity contribution in [1.29, 1.82) is 0 Å². The Bertz CT molecular complexity index is 412. The highest BCUT2D eigenvalue weighted by atomic mass is 16.2. The molecule has 2 N–H and O–H groups in total. The van der Waals surface area contributed by atoms with Gasteiger partial charge in [-0.25, -0.2) is 0 Å². The molecule has 0 saturated heterocycles. The van der Waals surface area contributed by atoms with Gasteiger partial charge in [0.1, 0.15) is 0 Å². The van der Waals surface area contributed by atoms with Crippen LogP contribution in [0.15, 0.2) is 18.2 Å². The van der Waals surface area contributed by atoms with Crippen LogP contribution in [0.25, 0.3) is 0 Å². The maximum Gasteiger partial charge on any atom is 0.241 e. The van der Waals surface area contributed by atoms with Crippen LogP contribution in [0.3, 0.4) is 0 Å². The summed E-state index contributed by atoms with van der Waals surface area (Å²) >= 11 is 0. The SMILES string of the molecule is Cc1ccc2c(c1)CNC(C(C)C)C(=O)N2. The molecular weight excluding hydrogens is 200 g/mol.